The van der Waals surface area contributed by atoms with E-state index in [1.807, 2.05) is 24.3 Å². The van der Waals surface area contributed by atoms with Crippen LogP contribution in [-0.2, 0) is 21.2 Å². The summed E-state index contributed by atoms with van der Waals surface area (Å²) < 4.78 is 30.3. The molecule has 11 heteroatoms. The Balaban J connectivity index is 1.17. The molecule has 1 fully saturated rings. The first-order valence-electron chi connectivity index (χ1n) is 14.2. The van der Waals surface area contributed by atoms with E-state index in [-0.39, 0.29) is 24.0 Å². The molecule has 0 spiro atoms. The number of nitrogens with one attached hydrogen (secondary N) is 3. The number of nitrogens with zero attached hydrogens (tertiary/aromatic N) is 1. The average Bonchev–Trinajstić information content (AvgIpc) is 2.97. The van der Waals surface area contributed by atoms with E-state index in [0.29, 0.717) is 30.3 Å². The highest BCUT2D eigenvalue weighted by Gasteiger charge is 2.20. The molecule has 10 nitrogen and oxygen atoms in total. The van der Waals surface area contributed by atoms with Gasteiger partial charge >= 0.3 is 5.97 Å². The molecule has 1 heterocycles. The number of rotatable bonds is 13. The Morgan fingerprint density at radius 1 is 1.05 bits per heavy atom. The standard InChI is InChI=1S/C31H40N4O6S/c1-3-41-31(38)23-6-11-27(12-7-23)35-18-15-26(16-19-35)33-25-9-4-22(5-10-25)14-17-32-21-30(37)24-8-13-29(36)28(20-24)34-42(2,39)40/h4-13,20,26,30,32-34,36-37H,3,14-19,21H2,1-2H3/t30-/m0/s1. The first kappa shape index (κ1) is 31.1. The number of carbonyl (C=O) groups is 1. The fourth-order valence-corrected chi connectivity index (χ4v) is 5.50. The third kappa shape index (κ3) is 9.10. The van der Waals surface area contributed by atoms with Crippen LogP contribution in [0.2, 0.25) is 0 Å². The number of benzene rings is 3. The first-order chi connectivity index (χ1) is 20.1. The third-order valence-electron chi connectivity index (χ3n) is 7.19. The summed E-state index contributed by atoms with van der Waals surface area (Å²) in [5, 5.41) is 27.3. The molecule has 3 aromatic rings. The molecule has 1 aliphatic rings. The van der Waals surface area contributed by atoms with Crippen LogP contribution >= 0.6 is 0 Å². The van der Waals surface area contributed by atoms with Gasteiger partial charge in [0.2, 0.25) is 10.0 Å². The summed E-state index contributed by atoms with van der Waals surface area (Å²) >= 11 is 0. The molecule has 42 heavy (non-hydrogen) atoms. The molecule has 0 unspecified atom stereocenters. The maximum absolute atomic E-state index is 11.9. The van der Waals surface area contributed by atoms with Crippen LogP contribution in [0.5, 0.6) is 5.75 Å². The summed E-state index contributed by atoms with van der Waals surface area (Å²) in [5.74, 6) is -0.493. The van der Waals surface area contributed by atoms with Crippen molar-refractivity contribution in [3.63, 3.8) is 0 Å². The molecule has 5 N–H and O–H groups in total. The smallest absolute Gasteiger partial charge is 0.338 e. The summed E-state index contributed by atoms with van der Waals surface area (Å²) in [6.07, 6.45) is 2.96. The molecule has 1 saturated heterocycles. The van der Waals surface area contributed by atoms with E-state index in [2.05, 4.69) is 44.5 Å². The molecule has 0 aromatic heterocycles. The molecule has 3 aromatic carbocycles. The van der Waals surface area contributed by atoms with Crippen LogP contribution in [0.4, 0.5) is 17.1 Å². The molecule has 0 radical (unpaired) electrons. The SMILES string of the molecule is CCOC(=O)c1ccc(N2CCC(Nc3ccc(CCNC[C@H](O)c4ccc(O)c(NS(C)(=O)=O)c4)cc3)CC2)cc1. The Labute approximate surface area is 247 Å². The highest BCUT2D eigenvalue weighted by atomic mass is 32.2. The minimum atomic E-state index is -3.55. The number of phenolic OH excluding ortho intramolecular Hbond substituents is 1. The maximum atomic E-state index is 11.9. The fourth-order valence-electron chi connectivity index (χ4n) is 4.94. The molecule has 4 rings (SSSR count). The average molecular weight is 597 g/mol. The Kier molecular flexibility index (Phi) is 10.7. The Bertz CT molecular complexity index is 1420. The molecule has 1 aliphatic heterocycles. The van der Waals surface area contributed by atoms with Gasteiger partial charge in [0.05, 0.1) is 30.2 Å². The number of phenols is 1. The molecular formula is C31H40N4O6S. The molecule has 0 bridgehead atoms. The highest BCUT2D eigenvalue weighted by molar-refractivity contribution is 7.92. The molecule has 1 atom stereocenters. The van der Waals surface area contributed by atoms with Gasteiger partial charge in [0.1, 0.15) is 5.75 Å². The number of anilines is 3. The Morgan fingerprint density at radius 3 is 2.38 bits per heavy atom. The summed E-state index contributed by atoms with van der Waals surface area (Å²) in [7, 11) is -3.55. The predicted octanol–water partition coefficient (Wildman–Crippen LogP) is 3.89. The Morgan fingerprint density at radius 2 is 1.74 bits per heavy atom. The molecule has 0 aliphatic carbocycles. The number of aliphatic hydroxyl groups excluding tert-OH is 1. The lowest BCUT2D eigenvalue weighted by molar-refractivity contribution is 0.0526. The number of ether oxygens (including phenoxy) is 1. The molecule has 0 saturated carbocycles. The quantitative estimate of drug-likeness (QED) is 0.113. The summed E-state index contributed by atoms with van der Waals surface area (Å²) in [4.78, 5) is 14.2. The minimum absolute atomic E-state index is 0.0374. The van der Waals surface area contributed by atoms with E-state index in [1.165, 1.54) is 17.7 Å². The van der Waals surface area contributed by atoms with Crippen molar-refractivity contribution in [3.05, 3.63) is 83.4 Å². The normalized spacial score (nSPS) is 14.8. The number of hydrogen-bond donors (Lipinski definition) is 5. The molecule has 0 amide bonds. The van der Waals surface area contributed by atoms with E-state index in [4.69, 9.17) is 4.74 Å². The zero-order chi connectivity index (χ0) is 30.1. The predicted molar refractivity (Wildman–Crippen MR) is 166 cm³/mol. The largest absolute Gasteiger partial charge is 0.506 e. The van der Waals surface area contributed by atoms with Gasteiger partial charge in [0.25, 0.3) is 0 Å². The minimum Gasteiger partial charge on any atom is -0.506 e. The molecular weight excluding hydrogens is 556 g/mol. The molecule has 226 valence electrons. The van der Waals surface area contributed by atoms with Crippen molar-refractivity contribution in [1.29, 1.82) is 0 Å². The van der Waals surface area contributed by atoms with Crippen LogP contribution in [-0.4, -0.2) is 69.7 Å². The van der Waals surface area contributed by atoms with Gasteiger partial charge < -0.3 is 30.5 Å². The van der Waals surface area contributed by atoms with Gasteiger partial charge in [-0.3, -0.25) is 4.72 Å². The zero-order valence-corrected chi connectivity index (χ0v) is 24.9. The van der Waals surface area contributed by atoms with Crippen molar-refractivity contribution in [2.75, 3.05) is 54.0 Å². The van der Waals surface area contributed by atoms with Crippen molar-refractivity contribution < 1.29 is 28.2 Å². The Hall–Kier alpha value is -3.80. The zero-order valence-electron chi connectivity index (χ0n) is 24.0. The summed E-state index contributed by atoms with van der Waals surface area (Å²) in [5.41, 5.74) is 4.49. The van der Waals surface area contributed by atoms with Gasteiger partial charge in [-0.25, -0.2) is 13.2 Å². The number of sulfonamides is 1. The van der Waals surface area contributed by atoms with Crippen molar-refractivity contribution >= 4 is 33.1 Å². The van der Waals surface area contributed by atoms with Gasteiger partial charge in [-0.05, 0) is 92.4 Å². The first-order valence-corrected chi connectivity index (χ1v) is 16.1. The van der Waals surface area contributed by atoms with Crippen LogP contribution in [0.15, 0.2) is 66.7 Å². The van der Waals surface area contributed by atoms with E-state index in [0.717, 1.165) is 50.0 Å². The van der Waals surface area contributed by atoms with Crippen LogP contribution in [0, 0.1) is 0 Å². The van der Waals surface area contributed by atoms with Crippen LogP contribution in [0.1, 0.15) is 47.4 Å². The second kappa shape index (κ2) is 14.4. The number of hydrogen-bond acceptors (Lipinski definition) is 9. The van der Waals surface area contributed by atoms with Gasteiger partial charge in [-0.2, -0.15) is 0 Å². The number of aromatic hydroxyl groups is 1. The number of carbonyl (C=O) groups excluding carboxylic acids is 1. The lowest BCUT2D eigenvalue weighted by Gasteiger charge is -2.34. The lowest BCUT2D eigenvalue weighted by Crippen LogP contribution is -2.39. The summed E-state index contributed by atoms with van der Waals surface area (Å²) in [6, 6.07) is 20.8. The summed E-state index contributed by atoms with van der Waals surface area (Å²) in [6.45, 7) is 4.99. The third-order valence-corrected chi connectivity index (χ3v) is 7.78. The van der Waals surface area contributed by atoms with Crippen molar-refractivity contribution in [1.82, 2.24) is 5.32 Å². The topological polar surface area (TPSA) is 140 Å². The monoisotopic (exact) mass is 596 g/mol. The van der Waals surface area contributed by atoms with Gasteiger partial charge in [-0.15, -0.1) is 0 Å². The number of aliphatic hydroxyl groups is 1. The van der Waals surface area contributed by atoms with Crippen molar-refractivity contribution in [2.24, 2.45) is 0 Å². The van der Waals surface area contributed by atoms with E-state index in [1.54, 1.807) is 13.0 Å². The van der Waals surface area contributed by atoms with Crippen LogP contribution in [0.25, 0.3) is 0 Å². The van der Waals surface area contributed by atoms with E-state index >= 15 is 0 Å². The fraction of sp³-hybridized carbons (Fsp3) is 0.387. The van der Waals surface area contributed by atoms with Gasteiger partial charge in [-0.1, -0.05) is 18.2 Å². The lowest BCUT2D eigenvalue weighted by atomic mass is 10.0. The van der Waals surface area contributed by atoms with Gasteiger partial charge in [0.15, 0.2) is 0 Å². The second-order valence-electron chi connectivity index (χ2n) is 10.5. The number of piperidine rings is 1. The van der Waals surface area contributed by atoms with Gasteiger partial charge in [0, 0.05) is 37.1 Å². The van der Waals surface area contributed by atoms with Crippen molar-refractivity contribution in [2.45, 2.75) is 38.3 Å². The van der Waals surface area contributed by atoms with E-state index in [9.17, 15) is 23.4 Å². The van der Waals surface area contributed by atoms with Crippen LogP contribution in [0.3, 0.4) is 0 Å². The number of esters is 1. The van der Waals surface area contributed by atoms with Crippen LogP contribution < -0.4 is 20.3 Å². The van der Waals surface area contributed by atoms with Crippen molar-refractivity contribution in [3.8, 4) is 5.75 Å². The van der Waals surface area contributed by atoms with E-state index < -0.39 is 16.1 Å². The maximum Gasteiger partial charge on any atom is 0.338 e. The second-order valence-corrected chi connectivity index (χ2v) is 12.2. The highest BCUT2D eigenvalue weighted by Crippen LogP contribution is 2.28.